The van der Waals surface area contributed by atoms with E-state index in [-0.39, 0.29) is 0 Å². The highest BCUT2D eigenvalue weighted by molar-refractivity contribution is 6.31. The lowest BCUT2D eigenvalue weighted by Gasteiger charge is -2.02. The maximum Gasteiger partial charge on any atom is 0.231 e. The number of nitrogens with one attached hydrogen (secondary N) is 1. The molecule has 1 saturated heterocycles. The second-order valence-corrected chi connectivity index (χ2v) is 3.60. The lowest BCUT2D eigenvalue weighted by molar-refractivity contribution is 0.174. The number of halogens is 1. The van der Waals surface area contributed by atoms with Crippen molar-refractivity contribution in [3.05, 3.63) is 22.7 Å². The molecule has 0 radical (unpaired) electrons. The molecule has 1 atom stereocenters. The molecule has 0 amide bonds. The van der Waals surface area contributed by atoms with Crippen molar-refractivity contribution in [3.63, 3.8) is 0 Å². The van der Waals surface area contributed by atoms with Crippen LogP contribution in [-0.2, 0) is 0 Å². The van der Waals surface area contributed by atoms with E-state index in [0.717, 1.165) is 28.6 Å². The minimum atomic E-state index is 0.299. The molecule has 0 aliphatic carbocycles. The summed E-state index contributed by atoms with van der Waals surface area (Å²) in [6.07, 6.45) is 0. The Morgan fingerprint density at radius 1 is 1.31 bits per heavy atom. The summed E-state index contributed by atoms with van der Waals surface area (Å²) in [4.78, 5) is 0. The van der Waals surface area contributed by atoms with Gasteiger partial charge >= 0.3 is 0 Å². The van der Waals surface area contributed by atoms with Crippen molar-refractivity contribution < 1.29 is 9.47 Å². The van der Waals surface area contributed by atoms with E-state index in [9.17, 15) is 0 Å². The summed E-state index contributed by atoms with van der Waals surface area (Å²) in [5.41, 5.74) is 1.10. The molecule has 1 aromatic carbocycles. The van der Waals surface area contributed by atoms with Crippen LogP contribution in [0.1, 0.15) is 11.6 Å². The molecule has 0 bridgehead atoms. The predicted molar refractivity (Wildman–Crippen MR) is 48.3 cm³/mol. The van der Waals surface area contributed by atoms with E-state index >= 15 is 0 Å². The second kappa shape index (κ2) is 2.53. The van der Waals surface area contributed by atoms with Crippen molar-refractivity contribution in [2.24, 2.45) is 0 Å². The normalized spacial score (nSPS) is 23.3. The van der Waals surface area contributed by atoms with Crippen LogP contribution in [0.15, 0.2) is 12.1 Å². The minimum absolute atomic E-state index is 0.299. The van der Waals surface area contributed by atoms with Gasteiger partial charge in [-0.25, -0.2) is 0 Å². The summed E-state index contributed by atoms with van der Waals surface area (Å²) in [7, 11) is 0. The van der Waals surface area contributed by atoms with E-state index in [2.05, 4.69) is 5.32 Å². The fourth-order valence-electron chi connectivity index (χ4n) is 1.48. The largest absolute Gasteiger partial charge is 0.454 e. The zero-order valence-electron chi connectivity index (χ0n) is 6.84. The maximum atomic E-state index is 6.07. The van der Waals surface area contributed by atoms with Crippen molar-refractivity contribution in [3.8, 4) is 11.5 Å². The SMILES string of the molecule is Clc1cc2c(cc1[C@H]1CN1)OCO2. The van der Waals surface area contributed by atoms with Gasteiger partial charge in [-0.1, -0.05) is 11.6 Å². The molecular weight excluding hydrogens is 190 g/mol. The molecule has 3 rings (SSSR count). The highest BCUT2D eigenvalue weighted by Crippen LogP contribution is 2.40. The van der Waals surface area contributed by atoms with Gasteiger partial charge in [0.15, 0.2) is 11.5 Å². The van der Waals surface area contributed by atoms with Gasteiger partial charge in [0.1, 0.15) is 0 Å². The standard InChI is InChI=1S/C9H8ClNO2/c10-6-2-9-8(12-4-13-9)1-5(6)7-3-11-7/h1-2,7,11H,3-4H2/t7-/m1/s1. The molecule has 0 saturated carbocycles. The predicted octanol–water partition coefficient (Wildman–Crippen LogP) is 1.71. The van der Waals surface area contributed by atoms with E-state index in [4.69, 9.17) is 21.1 Å². The van der Waals surface area contributed by atoms with Gasteiger partial charge in [0.05, 0.1) is 0 Å². The van der Waals surface area contributed by atoms with Gasteiger partial charge < -0.3 is 14.8 Å². The lowest BCUT2D eigenvalue weighted by Crippen LogP contribution is -1.92. The Bertz CT molecular complexity index is 363. The van der Waals surface area contributed by atoms with Crippen LogP contribution >= 0.6 is 11.6 Å². The number of fused-ring (bicyclic) bond motifs is 1. The average Bonchev–Trinajstić information content (AvgIpc) is 2.85. The topological polar surface area (TPSA) is 40.4 Å². The van der Waals surface area contributed by atoms with E-state index in [1.165, 1.54) is 0 Å². The van der Waals surface area contributed by atoms with Gasteiger partial charge in [-0.15, -0.1) is 0 Å². The molecule has 13 heavy (non-hydrogen) atoms. The first-order chi connectivity index (χ1) is 6.34. The number of benzene rings is 1. The first kappa shape index (κ1) is 7.47. The minimum Gasteiger partial charge on any atom is -0.454 e. The molecular formula is C9H8ClNO2. The smallest absolute Gasteiger partial charge is 0.231 e. The lowest BCUT2D eigenvalue weighted by atomic mass is 10.1. The molecule has 1 aromatic rings. The molecule has 2 aliphatic heterocycles. The van der Waals surface area contributed by atoms with Crippen LogP contribution in [0, 0.1) is 0 Å². The molecule has 3 nitrogen and oxygen atoms in total. The number of rotatable bonds is 1. The average molecular weight is 198 g/mol. The Hall–Kier alpha value is -0.930. The quantitative estimate of drug-likeness (QED) is 0.697. The molecule has 1 fully saturated rings. The van der Waals surface area contributed by atoms with Crippen molar-refractivity contribution in [1.82, 2.24) is 5.32 Å². The first-order valence-electron chi connectivity index (χ1n) is 4.17. The van der Waals surface area contributed by atoms with Crippen LogP contribution in [-0.4, -0.2) is 13.3 Å². The Kier molecular flexibility index (Phi) is 1.45. The summed E-state index contributed by atoms with van der Waals surface area (Å²) in [6.45, 7) is 1.30. The summed E-state index contributed by atoms with van der Waals surface area (Å²) in [5, 5.41) is 3.95. The second-order valence-electron chi connectivity index (χ2n) is 3.19. The van der Waals surface area contributed by atoms with E-state index in [1.54, 1.807) is 0 Å². The van der Waals surface area contributed by atoms with E-state index in [1.807, 2.05) is 12.1 Å². The Labute approximate surface area is 80.6 Å². The number of hydrogen-bond acceptors (Lipinski definition) is 3. The van der Waals surface area contributed by atoms with Gasteiger partial charge in [0, 0.05) is 23.7 Å². The van der Waals surface area contributed by atoms with Crippen LogP contribution < -0.4 is 14.8 Å². The third-order valence-electron chi connectivity index (χ3n) is 2.28. The zero-order chi connectivity index (χ0) is 8.84. The third-order valence-corrected chi connectivity index (χ3v) is 2.60. The van der Waals surface area contributed by atoms with Crippen LogP contribution in [0.3, 0.4) is 0 Å². The first-order valence-corrected chi connectivity index (χ1v) is 4.55. The number of hydrogen-bond donors (Lipinski definition) is 1. The Morgan fingerprint density at radius 3 is 2.69 bits per heavy atom. The molecule has 2 aliphatic rings. The van der Waals surface area contributed by atoms with Crippen LogP contribution in [0.5, 0.6) is 11.5 Å². The van der Waals surface area contributed by atoms with E-state index < -0.39 is 0 Å². The van der Waals surface area contributed by atoms with Crippen LogP contribution in [0.4, 0.5) is 0 Å². The molecule has 68 valence electrons. The molecule has 0 spiro atoms. The van der Waals surface area contributed by atoms with Gasteiger partial charge in [0.25, 0.3) is 0 Å². The van der Waals surface area contributed by atoms with Crippen LogP contribution in [0.2, 0.25) is 5.02 Å². The van der Waals surface area contributed by atoms with Gasteiger partial charge in [-0.3, -0.25) is 0 Å². The monoisotopic (exact) mass is 197 g/mol. The van der Waals surface area contributed by atoms with Gasteiger partial charge in [0.2, 0.25) is 6.79 Å². The fourth-order valence-corrected chi connectivity index (χ4v) is 1.76. The summed E-state index contributed by atoms with van der Waals surface area (Å²) < 4.78 is 10.5. The van der Waals surface area contributed by atoms with Gasteiger partial charge in [-0.05, 0) is 11.6 Å². The summed E-state index contributed by atoms with van der Waals surface area (Å²) in [6, 6.07) is 4.18. The molecule has 2 heterocycles. The summed E-state index contributed by atoms with van der Waals surface area (Å²) in [5.74, 6) is 1.54. The Balaban J connectivity index is 2.10. The highest BCUT2D eigenvalue weighted by atomic mass is 35.5. The maximum absolute atomic E-state index is 6.07. The van der Waals surface area contributed by atoms with Crippen LogP contribution in [0.25, 0.3) is 0 Å². The van der Waals surface area contributed by atoms with Crippen molar-refractivity contribution in [2.75, 3.05) is 13.3 Å². The summed E-state index contributed by atoms with van der Waals surface area (Å²) >= 11 is 6.07. The zero-order valence-corrected chi connectivity index (χ0v) is 7.60. The van der Waals surface area contributed by atoms with Crippen molar-refractivity contribution >= 4 is 11.6 Å². The number of ether oxygens (including phenoxy) is 2. The van der Waals surface area contributed by atoms with Gasteiger partial charge in [-0.2, -0.15) is 0 Å². The Morgan fingerprint density at radius 2 is 2.00 bits per heavy atom. The molecule has 0 aromatic heterocycles. The fraction of sp³-hybridized carbons (Fsp3) is 0.333. The molecule has 1 N–H and O–H groups in total. The molecule has 0 unspecified atom stereocenters. The van der Waals surface area contributed by atoms with Crippen molar-refractivity contribution in [2.45, 2.75) is 6.04 Å². The van der Waals surface area contributed by atoms with E-state index in [0.29, 0.717) is 12.8 Å². The highest BCUT2D eigenvalue weighted by Gasteiger charge is 2.27. The molecule has 4 heteroatoms. The third kappa shape index (κ3) is 1.16. The van der Waals surface area contributed by atoms with Crippen molar-refractivity contribution in [1.29, 1.82) is 0 Å².